The largest absolute Gasteiger partial charge is 0.445 e. The van der Waals surface area contributed by atoms with Crippen molar-refractivity contribution < 1.29 is 23.4 Å². The van der Waals surface area contributed by atoms with Crippen molar-refractivity contribution in [2.24, 2.45) is 0 Å². The molecule has 154 valence electrons. The third-order valence-electron chi connectivity index (χ3n) is 3.93. The molecule has 0 aliphatic heterocycles. The van der Waals surface area contributed by atoms with Gasteiger partial charge in [-0.15, -0.1) is 12.4 Å². The van der Waals surface area contributed by atoms with Gasteiger partial charge in [0.2, 0.25) is 0 Å². The van der Waals surface area contributed by atoms with E-state index in [9.17, 15) is 18.7 Å². The van der Waals surface area contributed by atoms with E-state index in [1.807, 2.05) is 24.3 Å². The Kier molecular flexibility index (Phi) is 10.7. The van der Waals surface area contributed by atoms with Gasteiger partial charge < -0.3 is 20.5 Å². The molecule has 28 heavy (non-hydrogen) atoms. The van der Waals surface area contributed by atoms with Crippen molar-refractivity contribution in [2.45, 2.75) is 25.2 Å². The molecule has 5 nitrogen and oxygen atoms in total. The van der Waals surface area contributed by atoms with Crippen LogP contribution in [-0.4, -0.2) is 36.9 Å². The van der Waals surface area contributed by atoms with Gasteiger partial charge in [-0.05, 0) is 71.5 Å². The van der Waals surface area contributed by atoms with Crippen LogP contribution in [0.3, 0.4) is 0 Å². The summed E-state index contributed by atoms with van der Waals surface area (Å²) in [6.45, 7) is 0.0608. The Bertz CT molecular complexity index is 762. The lowest BCUT2D eigenvalue weighted by atomic mass is 10.0. The zero-order chi connectivity index (χ0) is 19.8. The number of nitrogens with one attached hydrogen (secondary N) is 2. The molecule has 2 rings (SSSR count). The second-order valence-corrected chi connectivity index (χ2v) is 7.28. The summed E-state index contributed by atoms with van der Waals surface area (Å²) in [6.07, 6.45) is -1.42. The Morgan fingerprint density at radius 1 is 1.18 bits per heavy atom. The summed E-state index contributed by atoms with van der Waals surface area (Å²) in [4.78, 5) is 11.8. The smallest absolute Gasteiger partial charge is 0.407 e. The summed E-state index contributed by atoms with van der Waals surface area (Å²) < 4.78 is 32.7. The summed E-state index contributed by atoms with van der Waals surface area (Å²) in [7, 11) is 1.62. The normalized spacial score (nSPS) is 12.6. The maximum Gasteiger partial charge on any atom is 0.407 e. The number of hydrogen-bond donors (Lipinski definition) is 3. The Morgan fingerprint density at radius 3 is 2.46 bits per heavy atom. The highest BCUT2D eigenvalue weighted by Gasteiger charge is 2.19. The van der Waals surface area contributed by atoms with Gasteiger partial charge in [0.15, 0.2) is 0 Å². The minimum absolute atomic E-state index is 0. The molecule has 9 heteroatoms. The molecule has 0 bridgehead atoms. The molecule has 0 saturated carbocycles. The van der Waals surface area contributed by atoms with Gasteiger partial charge in [-0.1, -0.05) is 12.1 Å². The molecule has 0 aromatic heterocycles. The molecule has 0 spiro atoms. The van der Waals surface area contributed by atoms with E-state index in [1.165, 1.54) is 12.1 Å². The van der Waals surface area contributed by atoms with E-state index in [0.29, 0.717) is 5.56 Å². The van der Waals surface area contributed by atoms with Gasteiger partial charge in [-0.25, -0.2) is 13.6 Å². The maximum absolute atomic E-state index is 13.3. The lowest BCUT2D eigenvalue weighted by Crippen LogP contribution is -2.46. The first-order chi connectivity index (χ1) is 12.9. The number of ether oxygens (including phenoxy) is 1. The maximum atomic E-state index is 13.3. The van der Waals surface area contributed by atoms with Crippen LogP contribution in [0.1, 0.15) is 11.1 Å². The highest BCUT2D eigenvalue weighted by molar-refractivity contribution is 14.1. The topological polar surface area (TPSA) is 70.6 Å². The lowest BCUT2D eigenvalue weighted by molar-refractivity contribution is 0.110. The van der Waals surface area contributed by atoms with Gasteiger partial charge >= 0.3 is 6.09 Å². The Labute approximate surface area is 182 Å². The molecular formula is C19H22ClF2IN2O3. The number of carbonyl (C=O) groups excluding carboxylic acids is 1. The minimum atomic E-state index is -0.966. The molecule has 0 saturated heterocycles. The second-order valence-electron chi connectivity index (χ2n) is 6.03. The van der Waals surface area contributed by atoms with Crippen molar-refractivity contribution >= 4 is 41.1 Å². The molecule has 0 aliphatic rings. The molecule has 2 atom stereocenters. The molecule has 0 heterocycles. The molecular weight excluding hydrogens is 505 g/mol. The van der Waals surface area contributed by atoms with Gasteiger partial charge in [-0.3, -0.25) is 0 Å². The number of aliphatic hydroxyl groups is 1. The SMILES string of the molecule is CNC(Cc1cc(F)cc(F)c1)C(O)CNC(=O)OCc1cccc(I)c1.Cl. The molecule has 2 unspecified atom stereocenters. The molecule has 0 aliphatic carbocycles. The number of benzene rings is 2. The van der Waals surface area contributed by atoms with Crippen molar-refractivity contribution in [3.05, 3.63) is 68.8 Å². The lowest BCUT2D eigenvalue weighted by Gasteiger charge is -2.23. The number of carbonyl (C=O) groups is 1. The molecule has 3 N–H and O–H groups in total. The summed E-state index contributed by atoms with van der Waals surface area (Å²) >= 11 is 2.17. The zero-order valence-corrected chi connectivity index (χ0v) is 18.1. The fourth-order valence-corrected chi connectivity index (χ4v) is 3.18. The van der Waals surface area contributed by atoms with Gasteiger partial charge in [-0.2, -0.15) is 0 Å². The van der Waals surface area contributed by atoms with E-state index in [4.69, 9.17) is 4.74 Å². The first-order valence-electron chi connectivity index (χ1n) is 8.32. The van der Waals surface area contributed by atoms with Crippen molar-refractivity contribution in [1.29, 1.82) is 0 Å². The van der Waals surface area contributed by atoms with Crippen molar-refractivity contribution in [3.63, 3.8) is 0 Å². The predicted octanol–water partition coefficient (Wildman–Crippen LogP) is 3.41. The van der Waals surface area contributed by atoms with E-state index in [1.54, 1.807) is 7.05 Å². The first kappa shape index (κ1) is 24.5. The van der Waals surface area contributed by atoms with E-state index >= 15 is 0 Å². The average molecular weight is 527 g/mol. The predicted molar refractivity (Wildman–Crippen MR) is 114 cm³/mol. The molecule has 2 aromatic carbocycles. The van der Waals surface area contributed by atoms with Gasteiger partial charge in [0.25, 0.3) is 0 Å². The highest BCUT2D eigenvalue weighted by Crippen LogP contribution is 2.12. The van der Waals surface area contributed by atoms with Crippen molar-refractivity contribution in [1.82, 2.24) is 10.6 Å². The highest BCUT2D eigenvalue weighted by atomic mass is 127. The van der Waals surface area contributed by atoms with Crippen LogP contribution in [0.5, 0.6) is 0 Å². The van der Waals surface area contributed by atoms with E-state index in [-0.39, 0.29) is 32.0 Å². The van der Waals surface area contributed by atoms with Crippen LogP contribution in [0.4, 0.5) is 13.6 Å². The fraction of sp³-hybridized carbons (Fsp3) is 0.316. The van der Waals surface area contributed by atoms with Crippen LogP contribution in [0.2, 0.25) is 0 Å². The van der Waals surface area contributed by atoms with E-state index in [0.717, 1.165) is 15.2 Å². The number of hydrogen-bond acceptors (Lipinski definition) is 4. The van der Waals surface area contributed by atoms with Crippen LogP contribution in [0.25, 0.3) is 0 Å². The Balaban J connectivity index is 0.00000392. The summed E-state index contributed by atoms with van der Waals surface area (Å²) in [5.74, 6) is -1.35. The standard InChI is InChI=1S/C19H21F2IN2O3.ClH/c1-23-17(8-13-5-14(20)9-15(21)6-13)18(25)10-24-19(26)27-11-12-3-2-4-16(22)7-12;/h2-7,9,17-18,23,25H,8,10-11H2,1H3,(H,24,26);1H. The van der Waals surface area contributed by atoms with Gasteiger partial charge in [0.1, 0.15) is 18.2 Å². The van der Waals surface area contributed by atoms with E-state index < -0.39 is 29.9 Å². The number of alkyl carbamates (subject to hydrolysis) is 1. The number of aliphatic hydroxyl groups excluding tert-OH is 1. The molecule has 2 aromatic rings. The number of likely N-dealkylation sites (N-methyl/N-ethyl adjacent to an activating group) is 1. The zero-order valence-electron chi connectivity index (χ0n) is 15.1. The summed E-state index contributed by atoms with van der Waals surface area (Å²) in [5, 5.41) is 15.6. The Hall–Kier alpha value is -1.49. The van der Waals surface area contributed by atoms with Crippen LogP contribution in [-0.2, 0) is 17.8 Å². The number of amides is 1. The van der Waals surface area contributed by atoms with Crippen LogP contribution < -0.4 is 10.6 Å². The minimum Gasteiger partial charge on any atom is -0.445 e. The average Bonchev–Trinajstić information content (AvgIpc) is 2.61. The van der Waals surface area contributed by atoms with Crippen molar-refractivity contribution in [2.75, 3.05) is 13.6 Å². The van der Waals surface area contributed by atoms with Crippen molar-refractivity contribution in [3.8, 4) is 0 Å². The van der Waals surface area contributed by atoms with Gasteiger partial charge in [0.05, 0.1) is 6.10 Å². The Morgan fingerprint density at radius 2 is 1.86 bits per heavy atom. The number of rotatable bonds is 8. The number of halogens is 4. The fourth-order valence-electron chi connectivity index (χ4n) is 2.57. The molecule has 1 amide bonds. The van der Waals surface area contributed by atoms with E-state index in [2.05, 4.69) is 33.2 Å². The third-order valence-corrected chi connectivity index (χ3v) is 4.60. The van der Waals surface area contributed by atoms with Crippen LogP contribution in [0, 0.1) is 15.2 Å². The second kappa shape index (κ2) is 12.2. The van der Waals surface area contributed by atoms with Gasteiger partial charge in [0, 0.05) is 22.2 Å². The monoisotopic (exact) mass is 526 g/mol. The summed E-state index contributed by atoms with van der Waals surface area (Å²) in [5.41, 5.74) is 1.27. The molecule has 0 fully saturated rings. The third kappa shape index (κ3) is 8.26. The molecule has 0 radical (unpaired) electrons. The first-order valence-corrected chi connectivity index (χ1v) is 9.40. The van der Waals surface area contributed by atoms with Crippen LogP contribution >= 0.6 is 35.0 Å². The quantitative estimate of drug-likeness (QED) is 0.461. The summed E-state index contributed by atoms with van der Waals surface area (Å²) in [6, 6.07) is 10.3. The van der Waals surface area contributed by atoms with Crippen LogP contribution in [0.15, 0.2) is 42.5 Å².